The number of hydrogen-bond donors (Lipinski definition) is 0. The summed E-state index contributed by atoms with van der Waals surface area (Å²) in [7, 11) is 0. The van der Waals surface area contributed by atoms with Gasteiger partial charge in [0.15, 0.2) is 5.00 Å². The highest BCUT2D eigenvalue weighted by Gasteiger charge is 2.14. The Bertz CT molecular complexity index is 772. The number of nitrogens with zero attached hydrogens (tertiary/aromatic N) is 4. The Balaban J connectivity index is 2.42. The quantitative estimate of drug-likeness (QED) is 0.739. The first-order chi connectivity index (χ1) is 9.56. The van der Waals surface area contributed by atoms with Crippen molar-refractivity contribution < 1.29 is 0 Å². The van der Waals surface area contributed by atoms with E-state index in [-0.39, 0.29) is 0 Å². The molecule has 2 rings (SSSR count). The molecule has 0 bridgehead atoms. The van der Waals surface area contributed by atoms with Gasteiger partial charge in [0.25, 0.3) is 0 Å². The molecule has 0 N–H and O–H groups in total. The monoisotopic (exact) mass is 280 g/mol. The van der Waals surface area contributed by atoms with Crippen LogP contribution in [0.15, 0.2) is 28.4 Å². The van der Waals surface area contributed by atoms with Crippen molar-refractivity contribution >= 4 is 22.0 Å². The summed E-state index contributed by atoms with van der Waals surface area (Å²) < 4.78 is 0. The van der Waals surface area contributed by atoms with Gasteiger partial charge in [-0.3, -0.25) is 0 Å². The first kappa shape index (κ1) is 13.9. The topological polar surface area (TPSA) is 72.3 Å². The Morgan fingerprint density at radius 1 is 1.05 bits per heavy atom. The second-order valence-electron chi connectivity index (χ2n) is 4.45. The van der Waals surface area contributed by atoms with E-state index in [1.807, 2.05) is 32.0 Å². The van der Waals surface area contributed by atoms with E-state index in [2.05, 4.69) is 22.4 Å². The molecule has 0 aliphatic carbocycles. The van der Waals surface area contributed by atoms with E-state index >= 15 is 0 Å². The fraction of sp³-hybridized carbons (Fsp3) is 0.200. The molecule has 0 spiro atoms. The minimum absolute atomic E-state index is 0.431. The van der Waals surface area contributed by atoms with Crippen molar-refractivity contribution in [3.05, 3.63) is 45.3 Å². The predicted octanol–water partition coefficient (Wildman–Crippen LogP) is 4.83. The van der Waals surface area contributed by atoms with Gasteiger partial charge >= 0.3 is 0 Å². The first-order valence-corrected chi connectivity index (χ1v) is 6.81. The maximum Gasteiger partial charge on any atom is 0.158 e. The summed E-state index contributed by atoms with van der Waals surface area (Å²) in [5, 5.41) is 26.9. The molecular formula is C15H12N4S. The van der Waals surface area contributed by atoms with Crippen LogP contribution in [0.5, 0.6) is 0 Å². The molecule has 0 aliphatic rings. The molecule has 5 heteroatoms. The average Bonchev–Trinajstić information content (AvgIpc) is 2.73. The maximum atomic E-state index is 9.14. The van der Waals surface area contributed by atoms with Crippen molar-refractivity contribution in [2.45, 2.75) is 20.8 Å². The molecule has 0 atom stereocenters. The Kier molecular flexibility index (Phi) is 3.93. The molecule has 98 valence electrons. The normalized spacial score (nSPS) is 10.4. The lowest BCUT2D eigenvalue weighted by Crippen LogP contribution is -1.77. The highest BCUT2D eigenvalue weighted by atomic mass is 32.1. The van der Waals surface area contributed by atoms with Crippen molar-refractivity contribution in [1.82, 2.24) is 0 Å². The minimum atomic E-state index is 0.431. The Labute approximate surface area is 121 Å². The molecule has 0 saturated heterocycles. The van der Waals surface area contributed by atoms with E-state index in [1.54, 1.807) is 6.92 Å². The van der Waals surface area contributed by atoms with Gasteiger partial charge in [0, 0.05) is 0 Å². The van der Waals surface area contributed by atoms with Gasteiger partial charge in [-0.2, -0.15) is 10.5 Å². The molecular weight excluding hydrogens is 268 g/mol. The number of aryl methyl sites for hydroxylation is 2. The van der Waals surface area contributed by atoms with E-state index < -0.39 is 0 Å². The number of hydrogen-bond acceptors (Lipinski definition) is 5. The zero-order valence-corrected chi connectivity index (χ0v) is 12.2. The van der Waals surface area contributed by atoms with E-state index in [4.69, 9.17) is 10.5 Å². The SMILES string of the molecule is Cc1ccc(N=Nc2sc(C#N)c(C)c2C#N)c(C)c1. The van der Waals surface area contributed by atoms with E-state index in [1.165, 1.54) is 11.3 Å². The van der Waals surface area contributed by atoms with Crippen LogP contribution in [-0.2, 0) is 0 Å². The van der Waals surface area contributed by atoms with Gasteiger partial charge in [0.1, 0.15) is 17.0 Å². The van der Waals surface area contributed by atoms with Crippen molar-refractivity contribution in [3.8, 4) is 12.1 Å². The third-order valence-electron chi connectivity index (χ3n) is 2.94. The fourth-order valence-corrected chi connectivity index (χ4v) is 2.70. The molecule has 1 heterocycles. The lowest BCUT2D eigenvalue weighted by atomic mass is 10.1. The number of nitriles is 2. The molecule has 0 amide bonds. The summed E-state index contributed by atoms with van der Waals surface area (Å²) in [6.07, 6.45) is 0. The van der Waals surface area contributed by atoms with Crippen LogP contribution in [0.1, 0.15) is 27.1 Å². The third-order valence-corrected chi connectivity index (χ3v) is 4.02. The first-order valence-electron chi connectivity index (χ1n) is 5.99. The van der Waals surface area contributed by atoms with Crippen LogP contribution < -0.4 is 0 Å². The average molecular weight is 280 g/mol. The second kappa shape index (κ2) is 5.64. The van der Waals surface area contributed by atoms with Crippen molar-refractivity contribution in [3.63, 3.8) is 0 Å². The van der Waals surface area contributed by atoms with Crippen LogP contribution in [0.2, 0.25) is 0 Å². The van der Waals surface area contributed by atoms with Gasteiger partial charge in [-0.1, -0.05) is 17.7 Å². The molecule has 0 fully saturated rings. The van der Waals surface area contributed by atoms with Crippen LogP contribution in [0, 0.1) is 43.4 Å². The summed E-state index contributed by atoms with van der Waals surface area (Å²) in [4.78, 5) is 0.510. The molecule has 1 aromatic heterocycles. The molecule has 0 unspecified atom stereocenters. The van der Waals surface area contributed by atoms with E-state index in [0.29, 0.717) is 21.0 Å². The van der Waals surface area contributed by atoms with Gasteiger partial charge in [-0.15, -0.1) is 21.6 Å². The Hall–Kier alpha value is -2.50. The third kappa shape index (κ3) is 2.59. The molecule has 1 aromatic carbocycles. The van der Waals surface area contributed by atoms with Crippen LogP contribution >= 0.6 is 11.3 Å². The van der Waals surface area contributed by atoms with Crippen molar-refractivity contribution in [1.29, 1.82) is 10.5 Å². The largest absolute Gasteiger partial charge is 0.192 e. The number of thiophene rings is 1. The van der Waals surface area contributed by atoms with Crippen LogP contribution in [0.3, 0.4) is 0 Å². The predicted molar refractivity (Wildman–Crippen MR) is 78.6 cm³/mol. The summed E-state index contributed by atoms with van der Waals surface area (Å²) >= 11 is 1.19. The molecule has 4 nitrogen and oxygen atoms in total. The molecule has 0 saturated carbocycles. The zero-order chi connectivity index (χ0) is 14.7. The summed E-state index contributed by atoms with van der Waals surface area (Å²) in [6, 6.07) is 10.0. The number of benzene rings is 1. The highest BCUT2D eigenvalue weighted by Crippen LogP contribution is 2.35. The summed E-state index contributed by atoms with van der Waals surface area (Å²) in [6.45, 7) is 5.74. The lowest BCUT2D eigenvalue weighted by Gasteiger charge is -1.99. The van der Waals surface area contributed by atoms with Gasteiger partial charge < -0.3 is 0 Å². The van der Waals surface area contributed by atoms with Crippen LogP contribution in [0.25, 0.3) is 0 Å². The molecule has 0 aliphatic heterocycles. The van der Waals surface area contributed by atoms with Gasteiger partial charge in [0.05, 0.1) is 11.3 Å². The molecule has 20 heavy (non-hydrogen) atoms. The number of rotatable bonds is 2. The Morgan fingerprint density at radius 3 is 2.40 bits per heavy atom. The van der Waals surface area contributed by atoms with Crippen molar-refractivity contribution in [2.24, 2.45) is 10.2 Å². The smallest absolute Gasteiger partial charge is 0.158 e. The van der Waals surface area contributed by atoms with E-state index in [0.717, 1.165) is 16.8 Å². The summed E-state index contributed by atoms with van der Waals surface area (Å²) in [5.41, 5.74) is 4.07. The second-order valence-corrected chi connectivity index (χ2v) is 5.45. The highest BCUT2D eigenvalue weighted by molar-refractivity contribution is 7.16. The minimum Gasteiger partial charge on any atom is -0.192 e. The lowest BCUT2D eigenvalue weighted by molar-refractivity contribution is 1.21. The van der Waals surface area contributed by atoms with Crippen molar-refractivity contribution in [2.75, 3.05) is 0 Å². The van der Waals surface area contributed by atoms with E-state index in [9.17, 15) is 0 Å². The number of azo groups is 1. The van der Waals surface area contributed by atoms with Crippen LogP contribution in [0.4, 0.5) is 10.7 Å². The summed E-state index contributed by atoms with van der Waals surface area (Å²) in [5.74, 6) is 0. The van der Waals surface area contributed by atoms with Crippen LogP contribution in [-0.4, -0.2) is 0 Å². The Morgan fingerprint density at radius 2 is 1.80 bits per heavy atom. The molecule has 2 aromatic rings. The van der Waals surface area contributed by atoms with Gasteiger partial charge in [-0.25, -0.2) is 0 Å². The zero-order valence-electron chi connectivity index (χ0n) is 11.4. The van der Waals surface area contributed by atoms with Gasteiger partial charge in [-0.05, 0) is 38.0 Å². The standard InChI is InChI=1S/C15H12N4S/c1-9-4-5-13(10(2)6-9)18-19-15-12(7-16)11(3)14(8-17)20-15/h4-6H,1-3H3. The maximum absolute atomic E-state index is 9.14. The van der Waals surface area contributed by atoms with Gasteiger partial charge in [0.2, 0.25) is 0 Å². The molecule has 0 radical (unpaired) electrons. The fourth-order valence-electron chi connectivity index (χ4n) is 1.82.